The lowest BCUT2D eigenvalue weighted by molar-refractivity contribution is 0.424. The smallest absolute Gasteiger partial charge is 0.123 e. The normalized spacial score (nSPS) is 24.3. The van der Waals surface area contributed by atoms with Gasteiger partial charge in [-0.3, -0.25) is 4.21 Å². The van der Waals surface area contributed by atoms with Crippen LogP contribution in [0.5, 0.6) is 0 Å². The van der Waals surface area contributed by atoms with E-state index in [2.05, 4.69) is 20.7 Å². The molecule has 0 bridgehead atoms. The molecular weight excluding hydrogens is 446 g/mol. The van der Waals surface area contributed by atoms with E-state index in [-0.39, 0.29) is 5.82 Å². The van der Waals surface area contributed by atoms with Gasteiger partial charge in [-0.15, -0.1) is 23.1 Å². The van der Waals surface area contributed by atoms with Crippen LogP contribution in [-0.4, -0.2) is 55.8 Å². The molecule has 3 heterocycles. The van der Waals surface area contributed by atoms with Crippen molar-refractivity contribution in [1.29, 1.82) is 0 Å². The van der Waals surface area contributed by atoms with E-state index in [4.69, 9.17) is 5.73 Å². The summed E-state index contributed by atoms with van der Waals surface area (Å²) in [4.78, 5) is 1.22. The Morgan fingerprint density at radius 1 is 1.17 bits per heavy atom. The molecule has 2 atom stereocenters. The van der Waals surface area contributed by atoms with E-state index in [1.807, 2.05) is 36.0 Å². The maximum atomic E-state index is 13.4. The predicted octanol–water partition coefficient (Wildman–Crippen LogP) is 3.92. The van der Waals surface area contributed by atoms with Crippen molar-refractivity contribution in [3.8, 4) is 0 Å². The topological polar surface area (TPSA) is 49.6 Å². The van der Waals surface area contributed by atoms with Gasteiger partial charge in [0.2, 0.25) is 0 Å². The standard InChI is InChI=1S/C20H26FN3OS4/c21-17-3-1-15(2-4-17)16-11-18(14-26-20-6-5-19(12-22)27-20)24(13-16)28-23-7-9-29(25)10-8-23/h1-6,16,18H,7-14,22H2. The second-order valence-corrected chi connectivity index (χ2v) is 12.7. The molecular formula is C20H26FN3OS4. The Balaban J connectivity index is 1.42. The lowest BCUT2D eigenvalue weighted by Gasteiger charge is -2.31. The molecule has 4 rings (SSSR count). The van der Waals surface area contributed by atoms with Gasteiger partial charge in [0.05, 0.1) is 4.21 Å². The molecule has 2 aliphatic heterocycles. The van der Waals surface area contributed by atoms with Gasteiger partial charge in [-0.05, 0) is 42.2 Å². The summed E-state index contributed by atoms with van der Waals surface area (Å²) in [5, 5.41) is 0. The zero-order chi connectivity index (χ0) is 20.2. The van der Waals surface area contributed by atoms with Gasteiger partial charge in [-0.1, -0.05) is 12.1 Å². The van der Waals surface area contributed by atoms with Crippen LogP contribution >= 0.6 is 35.2 Å². The van der Waals surface area contributed by atoms with Gasteiger partial charge < -0.3 is 5.73 Å². The monoisotopic (exact) mass is 471 g/mol. The third kappa shape index (κ3) is 5.84. The number of nitrogens with zero attached hydrogens (tertiary/aromatic N) is 2. The number of rotatable bonds is 7. The summed E-state index contributed by atoms with van der Waals surface area (Å²) in [6.45, 7) is 3.30. The van der Waals surface area contributed by atoms with Gasteiger partial charge in [-0.25, -0.2) is 13.0 Å². The molecule has 158 valence electrons. The molecule has 0 amide bonds. The van der Waals surface area contributed by atoms with Crippen LogP contribution in [0.25, 0.3) is 0 Å². The Labute approximate surface area is 187 Å². The lowest BCUT2D eigenvalue weighted by Crippen LogP contribution is -2.37. The Morgan fingerprint density at radius 2 is 1.93 bits per heavy atom. The van der Waals surface area contributed by atoms with Gasteiger partial charge in [0, 0.05) is 77.3 Å². The first-order valence-corrected chi connectivity index (χ1v) is 13.8. The zero-order valence-corrected chi connectivity index (χ0v) is 19.4. The lowest BCUT2D eigenvalue weighted by atomic mass is 9.97. The van der Waals surface area contributed by atoms with Crippen molar-refractivity contribution < 1.29 is 8.60 Å². The van der Waals surface area contributed by atoms with Crippen molar-refractivity contribution >= 4 is 46.0 Å². The van der Waals surface area contributed by atoms with Crippen molar-refractivity contribution in [2.75, 3.05) is 36.9 Å². The van der Waals surface area contributed by atoms with Crippen molar-refractivity contribution in [3.63, 3.8) is 0 Å². The van der Waals surface area contributed by atoms with E-state index in [0.29, 0.717) is 18.5 Å². The number of nitrogens with two attached hydrogens (primary N) is 1. The summed E-state index contributed by atoms with van der Waals surface area (Å²) in [6.07, 6.45) is 1.07. The van der Waals surface area contributed by atoms with Gasteiger partial charge in [0.15, 0.2) is 0 Å². The number of benzene rings is 1. The molecule has 0 aliphatic carbocycles. The van der Waals surface area contributed by atoms with Crippen molar-refractivity contribution in [2.24, 2.45) is 5.73 Å². The van der Waals surface area contributed by atoms with Crippen LogP contribution in [0.2, 0.25) is 0 Å². The minimum atomic E-state index is -0.661. The predicted molar refractivity (Wildman–Crippen MR) is 124 cm³/mol. The van der Waals surface area contributed by atoms with E-state index >= 15 is 0 Å². The van der Waals surface area contributed by atoms with Crippen LogP contribution in [0, 0.1) is 5.82 Å². The quantitative estimate of drug-likeness (QED) is 0.488. The fourth-order valence-electron chi connectivity index (χ4n) is 3.69. The second-order valence-electron chi connectivity index (χ2n) is 7.33. The molecule has 9 heteroatoms. The second kappa shape index (κ2) is 10.3. The summed E-state index contributed by atoms with van der Waals surface area (Å²) < 4.78 is 31.2. The summed E-state index contributed by atoms with van der Waals surface area (Å²) in [5.41, 5.74) is 6.96. The summed E-state index contributed by atoms with van der Waals surface area (Å²) in [5.74, 6) is 2.78. The highest BCUT2D eigenvalue weighted by Gasteiger charge is 2.35. The van der Waals surface area contributed by atoms with E-state index in [1.165, 1.54) is 14.6 Å². The third-order valence-electron chi connectivity index (χ3n) is 5.32. The number of thioether (sulfide) groups is 1. The Morgan fingerprint density at radius 3 is 2.62 bits per heavy atom. The van der Waals surface area contributed by atoms with Crippen molar-refractivity contribution in [3.05, 3.63) is 52.7 Å². The average molecular weight is 472 g/mol. The fraction of sp³-hybridized carbons (Fsp3) is 0.500. The molecule has 2 aromatic rings. The summed E-state index contributed by atoms with van der Waals surface area (Å²) >= 11 is 5.49. The number of halogens is 1. The van der Waals surface area contributed by atoms with Gasteiger partial charge in [0.1, 0.15) is 5.82 Å². The number of thiophene rings is 1. The van der Waals surface area contributed by atoms with Crippen molar-refractivity contribution in [1.82, 2.24) is 8.61 Å². The highest BCUT2D eigenvalue weighted by Crippen LogP contribution is 2.40. The Kier molecular flexibility index (Phi) is 7.71. The van der Waals surface area contributed by atoms with E-state index < -0.39 is 10.8 Å². The molecule has 1 aromatic carbocycles. The molecule has 1 aromatic heterocycles. The van der Waals surface area contributed by atoms with E-state index in [9.17, 15) is 8.60 Å². The first-order chi connectivity index (χ1) is 14.1. The van der Waals surface area contributed by atoms with Crippen molar-refractivity contribution in [2.45, 2.75) is 29.1 Å². The highest BCUT2D eigenvalue weighted by molar-refractivity contribution is 8.01. The molecule has 0 spiro atoms. The third-order valence-corrected chi connectivity index (χ3v) is 10.3. The zero-order valence-electron chi connectivity index (χ0n) is 16.2. The van der Waals surface area contributed by atoms with Crippen LogP contribution in [0.15, 0.2) is 40.6 Å². The van der Waals surface area contributed by atoms with E-state index in [0.717, 1.165) is 43.3 Å². The van der Waals surface area contributed by atoms with Crippen LogP contribution in [0.1, 0.15) is 22.8 Å². The van der Waals surface area contributed by atoms with Crippen LogP contribution in [0.3, 0.4) is 0 Å². The molecule has 2 aliphatic rings. The minimum absolute atomic E-state index is 0.181. The largest absolute Gasteiger partial charge is 0.326 e. The van der Waals surface area contributed by atoms with Crippen LogP contribution < -0.4 is 5.73 Å². The maximum absolute atomic E-state index is 13.4. The Bertz CT molecular complexity index is 821. The van der Waals surface area contributed by atoms with Gasteiger partial charge >= 0.3 is 0 Å². The fourth-order valence-corrected chi connectivity index (χ4v) is 8.46. The van der Waals surface area contributed by atoms with Gasteiger partial charge in [-0.2, -0.15) is 0 Å². The first-order valence-electron chi connectivity index (χ1n) is 9.82. The molecule has 29 heavy (non-hydrogen) atoms. The van der Waals surface area contributed by atoms with Crippen LogP contribution in [0.4, 0.5) is 4.39 Å². The molecule has 2 fully saturated rings. The molecule has 0 radical (unpaired) electrons. The first kappa shape index (κ1) is 21.8. The molecule has 0 saturated carbocycles. The van der Waals surface area contributed by atoms with E-state index in [1.54, 1.807) is 23.5 Å². The highest BCUT2D eigenvalue weighted by atomic mass is 32.2. The number of hydrogen-bond acceptors (Lipinski definition) is 7. The minimum Gasteiger partial charge on any atom is -0.326 e. The summed E-state index contributed by atoms with van der Waals surface area (Å²) in [7, 11) is -0.661. The molecule has 2 unspecified atom stereocenters. The molecule has 4 nitrogen and oxygen atoms in total. The molecule has 2 N–H and O–H groups in total. The average Bonchev–Trinajstić information content (AvgIpc) is 3.35. The summed E-state index contributed by atoms with van der Waals surface area (Å²) in [6, 6.07) is 11.7. The molecule has 2 saturated heterocycles. The Hall–Kier alpha value is -0.420. The van der Waals surface area contributed by atoms with Crippen LogP contribution in [-0.2, 0) is 17.3 Å². The maximum Gasteiger partial charge on any atom is 0.123 e. The number of hydrogen-bond donors (Lipinski definition) is 1. The van der Waals surface area contributed by atoms with Gasteiger partial charge in [0.25, 0.3) is 0 Å². The SMILES string of the molecule is NCc1ccc(SCC2CC(c3ccc(F)cc3)CN2SN2CCS(=O)CC2)s1.